The quantitative estimate of drug-likeness (QED) is 0.809. The third-order valence-electron chi connectivity index (χ3n) is 5.10. The third-order valence-corrected chi connectivity index (χ3v) is 6.97. The highest BCUT2D eigenvalue weighted by Gasteiger charge is 2.52. The van der Waals surface area contributed by atoms with Crippen molar-refractivity contribution in [2.24, 2.45) is 5.41 Å². The van der Waals surface area contributed by atoms with Crippen LogP contribution in [0, 0.1) is 12.3 Å². The average molecular weight is 343 g/mol. The van der Waals surface area contributed by atoms with E-state index in [1.807, 2.05) is 6.92 Å². The predicted octanol–water partition coefficient (Wildman–Crippen LogP) is 1.70. The number of rotatable bonds is 5. The fourth-order valence-corrected chi connectivity index (χ4v) is 5.41. The Bertz CT molecular complexity index is 637. The maximum Gasteiger partial charge on any atom is 0.231 e. The minimum Gasteiger partial charge on any atom is -0.381 e. The Hall–Kier alpha value is -0.990. The van der Waals surface area contributed by atoms with Crippen LogP contribution in [0.5, 0.6) is 0 Å². The van der Waals surface area contributed by atoms with Gasteiger partial charge >= 0.3 is 0 Å². The summed E-state index contributed by atoms with van der Waals surface area (Å²) >= 11 is 0. The summed E-state index contributed by atoms with van der Waals surface area (Å²) in [6.45, 7) is 6.08. The van der Waals surface area contributed by atoms with Gasteiger partial charge in [-0.05, 0) is 26.2 Å². The molecule has 1 spiro atoms. The standard InChI is InChI=1S/C15H25N3O4S/c1-3-4-9-23(19,20)18-10-13(14-16-12(2)17-22-14)15(11-18)5-7-21-8-6-15/h13H,3-11H2,1-2H3/t13-/m1/s1. The predicted molar refractivity (Wildman–Crippen MR) is 84.5 cm³/mol. The van der Waals surface area contributed by atoms with Crippen LogP contribution in [0.15, 0.2) is 4.52 Å². The Balaban J connectivity index is 1.87. The Morgan fingerprint density at radius 1 is 1.35 bits per heavy atom. The van der Waals surface area contributed by atoms with Crippen molar-refractivity contribution in [1.82, 2.24) is 14.4 Å². The molecule has 2 fully saturated rings. The second-order valence-electron chi connectivity index (χ2n) is 6.67. The van der Waals surface area contributed by atoms with E-state index in [1.54, 1.807) is 11.2 Å². The Morgan fingerprint density at radius 2 is 2.09 bits per heavy atom. The molecule has 2 saturated heterocycles. The van der Waals surface area contributed by atoms with E-state index in [-0.39, 0.29) is 17.1 Å². The van der Waals surface area contributed by atoms with E-state index in [9.17, 15) is 8.42 Å². The van der Waals surface area contributed by atoms with E-state index in [1.165, 1.54) is 0 Å². The highest BCUT2D eigenvalue weighted by molar-refractivity contribution is 7.89. The molecule has 23 heavy (non-hydrogen) atoms. The van der Waals surface area contributed by atoms with Crippen molar-refractivity contribution in [2.75, 3.05) is 32.1 Å². The molecule has 1 atom stereocenters. The zero-order chi connectivity index (χ0) is 16.5. The summed E-state index contributed by atoms with van der Waals surface area (Å²) in [6.07, 6.45) is 3.23. The number of sulfonamides is 1. The monoisotopic (exact) mass is 343 g/mol. The molecule has 0 saturated carbocycles. The molecule has 7 nitrogen and oxygen atoms in total. The summed E-state index contributed by atoms with van der Waals surface area (Å²) in [5.41, 5.74) is -0.142. The summed E-state index contributed by atoms with van der Waals surface area (Å²) in [7, 11) is -3.23. The lowest BCUT2D eigenvalue weighted by molar-refractivity contribution is 0.0104. The van der Waals surface area contributed by atoms with E-state index >= 15 is 0 Å². The lowest BCUT2D eigenvalue weighted by atomic mass is 9.72. The molecule has 2 aliphatic heterocycles. The third kappa shape index (κ3) is 3.29. The molecular formula is C15H25N3O4S. The number of hydrogen-bond donors (Lipinski definition) is 0. The normalized spacial score (nSPS) is 25.2. The molecule has 0 unspecified atom stereocenters. The number of ether oxygens (including phenoxy) is 1. The van der Waals surface area contributed by atoms with E-state index < -0.39 is 10.0 Å². The van der Waals surface area contributed by atoms with Gasteiger partial charge in [0.25, 0.3) is 0 Å². The number of hydrogen-bond acceptors (Lipinski definition) is 6. The zero-order valence-electron chi connectivity index (χ0n) is 13.8. The van der Waals surface area contributed by atoms with Gasteiger partial charge < -0.3 is 9.26 Å². The largest absolute Gasteiger partial charge is 0.381 e. The number of unbranched alkanes of at least 4 members (excludes halogenated alkanes) is 1. The SMILES string of the molecule is CCCCS(=O)(=O)N1C[C@H](c2nc(C)no2)C2(CCOCC2)C1. The Kier molecular flexibility index (Phi) is 4.75. The van der Waals surface area contributed by atoms with Crippen LogP contribution in [0.2, 0.25) is 0 Å². The fraction of sp³-hybridized carbons (Fsp3) is 0.867. The van der Waals surface area contributed by atoms with Crippen molar-refractivity contribution >= 4 is 10.0 Å². The first-order valence-corrected chi connectivity index (χ1v) is 9.93. The fourth-order valence-electron chi connectivity index (χ4n) is 3.67. The second kappa shape index (κ2) is 6.49. The summed E-state index contributed by atoms with van der Waals surface area (Å²) in [6, 6.07) is 0. The summed E-state index contributed by atoms with van der Waals surface area (Å²) in [4.78, 5) is 4.38. The van der Waals surface area contributed by atoms with Crippen molar-refractivity contribution in [3.8, 4) is 0 Å². The summed E-state index contributed by atoms with van der Waals surface area (Å²) in [5.74, 6) is 1.34. The topological polar surface area (TPSA) is 85.5 Å². The number of nitrogens with zero attached hydrogens (tertiary/aromatic N) is 3. The van der Waals surface area contributed by atoms with E-state index in [0.29, 0.717) is 44.4 Å². The number of aryl methyl sites for hydroxylation is 1. The van der Waals surface area contributed by atoms with Gasteiger partial charge in [0.2, 0.25) is 15.9 Å². The Labute approximate surface area is 137 Å². The zero-order valence-corrected chi connectivity index (χ0v) is 14.6. The number of aromatic nitrogens is 2. The van der Waals surface area contributed by atoms with Gasteiger partial charge in [-0.3, -0.25) is 0 Å². The van der Waals surface area contributed by atoms with Crippen molar-refractivity contribution < 1.29 is 17.7 Å². The van der Waals surface area contributed by atoms with Gasteiger partial charge in [-0.2, -0.15) is 4.98 Å². The minimum atomic E-state index is -3.23. The highest BCUT2D eigenvalue weighted by Crippen LogP contribution is 2.49. The first kappa shape index (κ1) is 16.9. The molecule has 1 aromatic rings. The molecule has 0 N–H and O–H groups in total. The Morgan fingerprint density at radius 3 is 2.70 bits per heavy atom. The lowest BCUT2D eigenvalue weighted by Gasteiger charge is -2.36. The van der Waals surface area contributed by atoms with Gasteiger partial charge in [0, 0.05) is 31.7 Å². The molecule has 130 valence electrons. The van der Waals surface area contributed by atoms with Gasteiger partial charge in [0.15, 0.2) is 5.82 Å². The molecule has 8 heteroatoms. The van der Waals surface area contributed by atoms with Crippen LogP contribution in [0.4, 0.5) is 0 Å². The summed E-state index contributed by atoms with van der Waals surface area (Å²) in [5, 5.41) is 3.89. The van der Waals surface area contributed by atoms with Gasteiger partial charge in [0.1, 0.15) is 0 Å². The van der Waals surface area contributed by atoms with E-state index in [4.69, 9.17) is 9.26 Å². The van der Waals surface area contributed by atoms with Gasteiger partial charge in [-0.15, -0.1) is 0 Å². The van der Waals surface area contributed by atoms with Crippen LogP contribution in [0.1, 0.15) is 50.2 Å². The second-order valence-corrected chi connectivity index (χ2v) is 8.76. The van der Waals surface area contributed by atoms with Crippen molar-refractivity contribution in [2.45, 2.75) is 45.4 Å². The molecular weight excluding hydrogens is 318 g/mol. The molecule has 2 aliphatic rings. The molecule has 0 bridgehead atoms. The minimum absolute atomic E-state index is 0.0380. The smallest absolute Gasteiger partial charge is 0.231 e. The first-order chi connectivity index (χ1) is 11.0. The van der Waals surface area contributed by atoms with Gasteiger partial charge in [0.05, 0.1) is 11.7 Å². The van der Waals surface area contributed by atoms with E-state index in [2.05, 4.69) is 10.1 Å². The van der Waals surface area contributed by atoms with Crippen LogP contribution in [-0.4, -0.2) is 54.9 Å². The molecule has 3 rings (SSSR count). The van der Waals surface area contributed by atoms with Gasteiger partial charge in [-0.1, -0.05) is 18.5 Å². The summed E-state index contributed by atoms with van der Waals surface area (Å²) < 4.78 is 37.8. The lowest BCUT2D eigenvalue weighted by Crippen LogP contribution is -2.37. The van der Waals surface area contributed by atoms with Crippen molar-refractivity contribution in [1.29, 1.82) is 0 Å². The van der Waals surface area contributed by atoms with E-state index in [0.717, 1.165) is 19.3 Å². The first-order valence-electron chi connectivity index (χ1n) is 8.33. The average Bonchev–Trinajstić information content (AvgIpc) is 3.11. The van der Waals surface area contributed by atoms with Crippen LogP contribution >= 0.6 is 0 Å². The highest BCUT2D eigenvalue weighted by atomic mass is 32.2. The molecule has 0 amide bonds. The molecule has 0 aliphatic carbocycles. The molecule has 0 radical (unpaired) electrons. The van der Waals surface area contributed by atoms with Crippen LogP contribution in [-0.2, 0) is 14.8 Å². The van der Waals surface area contributed by atoms with Gasteiger partial charge in [-0.25, -0.2) is 12.7 Å². The van der Waals surface area contributed by atoms with Crippen LogP contribution in [0.3, 0.4) is 0 Å². The van der Waals surface area contributed by atoms with Crippen molar-refractivity contribution in [3.05, 3.63) is 11.7 Å². The molecule has 1 aromatic heterocycles. The molecule has 0 aromatic carbocycles. The van der Waals surface area contributed by atoms with Crippen molar-refractivity contribution in [3.63, 3.8) is 0 Å². The van der Waals surface area contributed by atoms with Crippen LogP contribution < -0.4 is 0 Å². The van der Waals surface area contributed by atoms with Crippen LogP contribution in [0.25, 0.3) is 0 Å². The maximum absolute atomic E-state index is 12.6. The molecule has 3 heterocycles. The maximum atomic E-state index is 12.6.